The van der Waals surface area contributed by atoms with Gasteiger partial charge in [0.05, 0.1) is 0 Å². The summed E-state index contributed by atoms with van der Waals surface area (Å²) in [5, 5.41) is 5.99. The van der Waals surface area contributed by atoms with E-state index in [9.17, 15) is 4.79 Å². The van der Waals surface area contributed by atoms with Crippen LogP contribution in [0.1, 0.15) is 16.7 Å². The summed E-state index contributed by atoms with van der Waals surface area (Å²) >= 11 is 0. The molecule has 7 heteroatoms. The largest absolute Gasteiger partial charge is 0.271 e. The Morgan fingerprint density at radius 1 is 1.15 bits per heavy atom. The van der Waals surface area contributed by atoms with E-state index in [2.05, 4.69) is 26.6 Å². The van der Waals surface area contributed by atoms with Crippen LogP contribution in [0.5, 0.6) is 0 Å². The van der Waals surface area contributed by atoms with Gasteiger partial charge in [-0.15, -0.1) is 5.10 Å². The SMILES string of the molecule is Cc1cc(C)cc(-c2ncn(/C=C\C(=O)NN(C)c3ncccc3C)n2)c1. The quantitative estimate of drug-likeness (QED) is 0.558. The van der Waals surface area contributed by atoms with Crippen LogP contribution in [-0.4, -0.2) is 32.7 Å². The van der Waals surface area contributed by atoms with Gasteiger partial charge in [0.15, 0.2) is 5.82 Å². The van der Waals surface area contributed by atoms with Crippen molar-refractivity contribution >= 4 is 17.9 Å². The number of aryl methyl sites for hydroxylation is 3. The molecule has 0 saturated heterocycles. The molecule has 2 aromatic heterocycles. The van der Waals surface area contributed by atoms with Crippen molar-refractivity contribution in [2.75, 3.05) is 12.1 Å². The van der Waals surface area contributed by atoms with Crippen molar-refractivity contribution in [3.8, 4) is 11.4 Å². The minimum atomic E-state index is -0.286. The number of nitrogens with one attached hydrogen (secondary N) is 1. The lowest BCUT2D eigenvalue weighted by atomic mass is 10.1. The number of hydrazine groups is 1. The average molecular weight is 362 g/mol. The molecule has 1 aromatic carbocycles. The number of carbonyl (C=O) groups is 1. The van der Waals surface area contributed by atoms with Crippen molar-refractivity contribution in [1.29, 1.82) is 0 Å². The summed E-state index contributed by atoms with van der Waals surface area (Å²) < 4.78 is 1.51. The van der Waals surface area contributed by atoms with Crippen molar-refractivity contribution in [3.63, 3.8) is 0 Å². The number of aromatic nitrogens is 4. The van der Waals surface area contributed by atoms with Crippen LogP contribution < -0.4 is 10.4 Å². The lowest BCUT2D eigenvalue weighted by Crippen LogP contribution is -2.39. The number of pyridine rings is 1. The van der Waals surface area contributed by atoms with Gasteiger partial charge in [-0.25, -0.2) is 14.6 Å². The first kappa shape index (κ1) is 18.3. The van der Waals surface area contributed by atoms with Gasteiger partial charge >= 0.3 is 0 Å². The van der Waals surface area contributed by atoms with E-state index in [1.54, 1.807) is 30.8 Å². The molecule has 138 valence electrons. The standard InChI is InChI=1S/C20H22N6O/c1-14-10-15(2)12-17(11-14)19-22-13-26(24-19)9-7-18(27)23-25(4)20-16(3)6-5-8-21-20/h5-13H,1-4H3,(H,23,27)/b9-7-. The Hall–Kier alpha value is -3.48. The number of rotatable bonds is 5. The Labute approximate surface area is 158 Å². The van der Waals surface area contributed by atoms with Gasteiger partial charge < -0.3 is 0 Å². The molecular weight excluding hydrogens is 340 g/mol. The fourth-order valence-electron chi connectivity index (χ4n) is 2.81. The molecule has 3 aromatic rings. The van der Waals surface area contributed by atoms with Crippen LogP contribution in [0.4, 0.5) is 5.82 Å². The first-order valence-corrected chi connectivity index (χ1v) is 8.56. The van der Waals surface area contributed by atoms with Crippen LogP contribution in [-0.2, 0) is 4.79 Å². The van der Waals surface area contributed by atoms with Crippen LogP contribution in [0.2, 0.25) is 0 Å². The molecule has 0 bridgehead atoms. The molecule has 0 aliphatic carbocycles. The monoisotopic (exact) mass is 362 g/mol. The molecule has 0 atom stereocenters. The van der Waals surface area contributed by atoms with E-state index in [1.165, 1.54) is 10.8 Å². The van der Waals surface area contributed by atoms with Gasteiger partial charge in [-0.05, 0) is 44.5 Å². The zero-order valence-electron chi connectivity index (χ0n) is 15.8. The predicted molar refractivity (Wildman–Crippen MR) is 106 cm³/mol. The zero-order chi connectivity index (χ0) is 19.4. The van der Waals surface area contributed by atoms with Crippen molar-refractivity contribution in [3.05, 3.63) is 65.6 Å². The Bertz CT molecular complexity index is 971. The lowest BCUT2D eigenvalue weighted by Gasteiger charge is -2.19. The van der Waals surface area contributed by atoms with Gasteiger partial charge in [0, 0.05) is 31.1 Å². The summed E-state index contributed by atoms with van der Waals surface area (Å²) in [4.78, 5) is 20.7. The van der Waals surface area contributed by atoms with E-state index < -0.39 is 0 Å². The number of hydrogen-bond donors (Lipinski definition) is 1. The fraction of sp³-hybridized carbons (Fsp3) is 0.200. The summed E-state index contributed by atoms with van der Waals surface area (Å²) in [6.45, 7) is 6.01. The predicted octanol–water partition coefficient (Wildman–Crippen LogP) is 2.90. The minimum absolute atomic E-state index is 0.286. The van der Waals surface area contributed by atoms with Gasteiger partial charge in [-0.3, -0.25) is 15.2 Å². The third kappa shape index (κ3) is 4.58. The van der Waals surface area contributed by atoms with Crippen molar-refractivity contribution in [2.45, 2.75) is 20.8 Å². The smallest absolute Gasteiger partial charge is 0.264 e. The van der Waals surface area contributed by atoms with Gasteiger partial charge in [-0.1, -0.05) is 23.3 Å². The fourth-order valence-corrected chi connectivity index (χ4v) is 2.81. The molecule has 0 radical (unpaired) electrons. The minimum Gasteiger partial charge on any atom is -0.271 e. The molecule has 0 aliphatic heterocycles. The van der Waals surface area contributed by atoms with Gasteiger partial charge in [-0.2, -0.15) is 0 Å². The maximum absolute atomic E-state index is 12.1. The highest BCUT2D eigenvalue weighted by atomic mass is 16.2. The number of amides is 1. The topological polar surface area (TPSA) is 75.9 Å². The molecule has 0 saturated carbocycles. The molecule has 2 heterocycles. The van der Waals surface area contributed by atoms with E-state index in [0.29, 0.717) is 11.6 Å². The first-order valence-electron chi connectivity index (χ1n) is 8.56. The third-order valence-electron chi connectivity index (χ3n) is 3.94. The maximum Gasteiger partial charge on any atom is 0.264 e. The van der Waals surface area contributed by atoms with E-state index >= 15 is 0 Å². The molecule has 0 fully saturated rings. The normalized spacial score (nSPS) is 11.0. The van der Waals surface area contributed by atoms with Crippen LogP contribution in [0.15, 0.2) is 48.9 Å². The molecule has 0 spiro atoms. The molecule has 7 nitrogen and oxygen atoms in total. The van der Waals surface area contributed by atoms with Crippen molar-refractivity contribution in [2.24, 2.45) is 0 Å². The highest BCUT2D eigenvalue weighted by Gasteiger charge is 2.08. The van der Waals surface area contributed by atoms with Crippen LogP contribution in [0.25, 0.3) is 17.6 Å². The second-order valence-corrected chi connectivity index (χ2v) is 6.42. The number of nitrogens with zero attached hydrogens (tertiary/aromatic N) is 5. The summed E-state index contributed by atoms with van der Waals surface area (Å²) in [7, 11) is 1.74. The van der Waals surface area contributed by atoms with Crippen molar-refractivity contribution in [1.82, 2.24) is 25.2 Å². The number of carbonyl (C=O) groups excluding carboxylic acids is 1. The second-order valence-electron chi connectivity index (χ2n) is 6.42. The highest BCUT2D eigenvalue weighted by Crippen LogP contribution is 2.18. The Morgan fingerprint density at radius 3 is 2.59 bits per heavy atom. The average Bonchev–Trinajstić information content (AvgIpc) is 3.08. The molecule has 1 amide bonds. The number of hydrogen-bond acceptors (Lipinski definition) is 5. The van der Waals surface area contributed by atoms with Crippen molar-refractivity contribution < 1.29 is 4.79 Å². The van der Waals surface area contributed by atoms with Gasteiger partial charge in [0.1, 0.15) is 12.1 Å². The second kappa shape index (κ2) is 7.82. The number of anilines is 1. The summed E-state index contributed by atoms with van der Waals surface area (Å²) in [6.07, 6.45) is 6.22. The maximum atomic E-state index is 12.1. The molecule has 0 unspecified atom stereocenters. The molecular formula is C20H22N6O. The van der Waals surface area contributed by atoms with Gasteiger partial charge in [0.25, 0.3) is 5.91 Å². The summed E-state index contributed by atoms with van der Waals surface area (Å²) in [5.74, 6) is 1.02. The zero-order valence-corrected chi connectivity index (χ0v) is 15.8. The summed E-state index contributed by atoms with van der Waals surface area (Å²) in [5.41, 5.74) is 6.98. The molecule has 27 heavy (non-hydrogen) atoms. The highest BCUT2D eigenvalue weighted by molar-refractivity contribution is 5.91. The van der Waals surface area contributed by atoms with Crippen LogP contribution >= 0.6 is 0 Å². The third-order valence-corrected chi connectivity index (χ3v) is 3.94. The molecule has 1 N–H and O–H groups in total. The molecule has 3 rings (SSSR count). The Balaban J connectivity index is 1.67. The van der Waals surface area contributed by atoms with Crippen LogP contribution in [0, 0.1) is 20.8 Å². The number of benzene rings is 1. The van der Waals surface area contributed by atoms with E-state index in [0.717, 1.165) is 22.3 Å². The van der Waals surface area contributed by atoms with E-state index in [4.69, 9.17) is 0 Å². The Morgan fingerprint density at radius 2 is 1.89 bits per heavy atom. The first-order chi connectivity index (χ1) is 12.9. The van der Waals surface area contributed by atoms with E-state index in [1.807, 2.05) is 45.0 Å². The Kier molecular flexibility index (Phi) is 5.30. The molecule has 0 aliphatic rings. The van der Waals surface area contributed by atoms with Gasteiger partial charge in [0.2, 0.25) is 0 Å². The van der Waals surface area contributed by atoms with E-state index in [-0.39, 0.29) is 5.91 Å². The lowest BCUT2D eigenvalue weighted by molar-refractivity contribution is -0.116. The summed E-state index contributed by atoms with van der Waals surface area (Å²) in [6, 6.07) is 9.96. The van der Waals surface area contributed by atoms with Crippen LogP contribution in [0.3, 0.4) is 0 Å².